The van der Waals surface area contributed by atoms with E-state index in [0.29, 0.717) is 19.3 Å². The summed E-state index contributed by atoms with van der Waals surface area (Å²) in [5.41, 5.74) is 5.38. The van der Waals surface area contributed by atoms with Crippen molar-refractivity contribution in [3.63, 3.8) is 0 Å². The number of hydrogen-bond donors (Lipinski definition) is 1. The molecule has 0 amide bonds. The summed E-state index contributed by atoms with van der Waals surface area (Å²) in [7, 11) is 0. The van der Waals surface area contributed by atoms with Crippen molar-refractivity contribution in [2.75, 3.05) is 19.8 Å². The lowest BCUT2D eigenvalue weighted by atomic mass is 9.89. The molecular weight excluding hydrogens is 286 g/mol. The molecule has 0 unspecified atom stereocenters. The SMILES string of the molecule is CCOc1cc2c(cc1OCC)[C@H](c1ccc(C)cc1)[NH2+]CC2. The van der Waals surface area contributed by atoms with Crippen molar-refractivity contribution in [2.24, 2.45) is 0 Å². The van der Waals surface area contributed by atoms with E-state index in [1.54, 1.807) is 0 Å². The van der Waals surface area contributed by atoms with Crippen LogP contribution in [0.5, 0.6) is 11.5 Å². The number of hydrogen-bond acceptors (Lipinski definition) is 2. The molecule has 0 aromatic heterocycles. The number of nitrogens with two attached hydrogens (primary N) is 1. The minimum Gasteiger partial charge on any atom is -0.490 e. The Hall–Kier alpha value is -2.00. The van der Waals surface area contributed by atoms with Gasteiger partial charge in [0.25, 0.3) is 0 Å². The molecule has 2 N–H and O–H groups in total. The molecule has 23 heavy (non-hydrogen) atoms. The fourth-order valence-corrected chi connectivity index (χ4v) is 3.28. The first-order chi connectivity index (χ1) is 11.2. The molecule has 3 nitrogen and oxygen atoms in total. The molecule has 1 atom stereocenters. The predicted molar refractivity (Wildman–Crippen MR) is 92.3 cm³/mol. The van der Waals surface area contributed by atoms with Gasteiger partial charge in [0.05, 0.1) is 19.8 Å². The first kappa shape index (κ1) is 15.9. The molecule has 2 aromatic carbocycles. The maximum Gasteiger partial charge on any atom is 0.161 e. The second-order valence-corrected chi connectivity index (χ2v) is 6.03. The Labute approximate surface area is 138 Å². The van der Waals surface area contributed by atoms with Crippen LogP contribution in [0.15, 0.2) is 36.4 Å². The summed E-state index contributed by atoms with van der Waals surface area (Å²) < 4.78 is 11.6. The standard InChI is InChI=1S/C20H25NO2/c1-4-22-18-12-16-10-11-21-20(15-8-6-14(3)7-9-15)17(16)13-19(18)23-5-2/h6-9,12-13,20-21H,4-5,10-11H2,1-3H3/p+1/t20-/m0/s1. The maximum absolute atomic E-state index is 5.82. The highest BCUT2D eigenvalue weighted by atomic mass is 16.5. The summed E-state index contributed by atoms with van der Waals surface area (Å²) in [6.45, 7) is 8.57. The Bertz CT molecular complexity index is 664. The average molecular weight is 312 g/mol. The predicted octanol–water partition coefficient (Wildman–Crippen LogP) is 3.00. The summed E-state index contributed by atoms with van der Waals surface area (Å²) in [6, 6.07) is 13.6. The van der Waals surface area contributed by atoms with E-state index < -0.39 is 0 Å². The van der Waals surface area contributed by atoms with Gasteiger partial charge in [0.2, 0.25) is 0 Å². The zero-order valence-corrected chi connectivity index (χ0v) is 14.3. The van der Waals surface area contributed by atoms with Crippen molar-refractivity contribution in [3.05, 3.63) is 58.7 Å². The average Bonchev–Trinajstić information content (AvgIpc) is 2.56. The molecule has 0 bridgehead atoms. The van der Waals surface area contributed by atoms with E-state index in [4.69, 9.17) is 9.47 Å². The lowest BCUT2D eigenvalue weighted by Gasteiger charge is -2.26. The van der Waals surface area contributed by atoms with Gasteiger partial charge in [-0.2, -0.15) is 0 Å². The van der Waals surface area contributed by atoms with Crippen LogP contribution < -0.4 is 14.8 Å². The normalized spacial score (nSPS) is 16.7. The van der Waals surface area contributed by atoms with Crippen LogP contribution in [0.2, 0.25) is 0 Å². The molecule has 0 fully saturated rings. The molecule has 0 saturated heterocycles. The van der Waals surface area contributed by atoms with Crippen LogP contribution in [-0.4, -0.2) is 19.8 Å². The minimum absolute atomic E-state index is 0.342. The third-order valence-corrected chi connectivity index (χ3v) is 4.39. The molecule has 3 heteroatoms. The van der Waals surface area contributed by atoms with Crippen LogP contribution in [0.3, 0.4) is 0 Å². The smallest absolute Gasteiger partial charge is 0.161 e. The summed E-state index contributed by atoms with van der Waals surface area (Å²) in [6.07, 6.45) is 1.07. The van der Waals surface area contributed by atoms with E-state index in [2.05, 4.69) is 48.6 Å². The van der Waals surface area contributed by atoms with E-state index in [1.165, 1.54) is 22.3 Å². The molecule has 1 heterocycles. The van der Waals surface area contributed by atoms with Crippen molar-refractivity contribution in [1.82, 2.24) is 0 Å². The first-order valence-electron chi connectivity index (χ1n) is 8.55. The number of fused-ring (bicyclic) bond motifs is 1. The van der Waals surface area contributed by atoms with Crippen LogP contribution in [0.25, 0.3) is 0 Å². The monoisotopic (exact) mass is 312 g/mol. The molecule has 0 saturated carbocycles. The van der Waals surface area contributed by atoms with Crippen LogP contribution in [-0.2, 0) is 6.42 Å². The van der Waals surface area contributed by atoms with Crippen molar-refractivity contribution < 1.29 is 14.8 Å². The highest BCUT2D eigenvalue weighted by molar-refractivity contribution is 5.50. The summed E-state index contributed by atoms with van der Waals surface area (Å²) in [5.74, 6) is 1.73. The van der Waals surface area contributed by atoms with Gasteiger partial charge in [-0.15, -0.1) is 0 Å². The van der Waals surface area contributed by atoms with Crippen LogP contribution in [0.4, 0.5) is 0 Å². The Kier molecular flexibility index (Phi) is 4.87. The number of rotatable bonds is 5. The molecular formula is C20H26NO2+. The van der Waals surface area contributed by atoms with E-state index >= 15 is 0 Å². The third kappa shape index (κ3) is 3.35. The second-order valence-electron chi connectivity index (χ2n) is 6.03. The Morgan fingerprint density at radius 3 is 2.30 bits per heavy atom. The number of ether oxygens (including phenoxy) is 2. The fourth-order valence-electron chi connectivity index (χ4n) is 3.28. The van der Waals surface area contributed by atoms with Crippen molar-refractivity contribution in [3.8, 4) is 11.5 Å². The van der Waals surface area contributed by atoms with E-state index in [9.17, 15) is 0 Å². The van der Waals surface area contributed by atoms with E-state index in [0.717, 1.165) is 24.5 Å². The molecule has 3 rings (SSSR count). The molecule has 2 aromatic rings. The summed E-state index contributed by atoms with van der Waals surface area (Å²) in [5, 5.41) is 2.42. The number of quaternary nitrogens is 1. The van der Waals surface area contributed by atoms with Crippen molar-refractivity contribution in [1.29, 1.82) is 0 Å². The Morgan fingerprint density at radius 2 is 1.65 bits per heavy atom. The van der Waals surface area contributed by atoms with Crippen LogP contribution in [0, 0.1) is 6.92 Å². The van der Waals surface area contributed by atoms with Gasteiger partial charge in [-0.25, -0.2) is 0 Å². The first-order valence-corrected chi connectivity index (χ1v) is 8.55. The van der Waals surface area contributed by atoms with Gasteiger partial charge in [-0.1, -0.05) is 29.8 Å². The van der Waals surface area contributed by atoms with Gasteiger partial charge in [-0.3, -0.25) is 0 Å². The summed E-state index contributed by atoms with van der Waals surface area (Å²) in [4.78, 5) is 0. The minimum atomic E-state index is 0.342. The lowest BCUT2D eigenvalue weighted by Crippen LogP contribution is -2.87. The van der Waals surface area contributed by atoms with Gasteiger partial charge < -0.3 is 14.8 Å². The molecule has 0 aliphatic carbocycles. The third-order valence-electron chi connectivity index (χ3n) is 4.39. The second kappa shape index (κ2) is 7.05. The zero-order chi connectivity index (χ0) is 16.2. The maximum atomic E-state index is 5.82. The van der Waals surface area contributed by atoms with Gasteiger partial charge in [0.15, 0.2) is 11.5 Å². The Morgan fingerprint density at radius 1 is 1.00 bits per heavy atom. The molecule has 1 aliphatic heterocycles. The van der Waals surface area contributed by atoms with Crippen molar-refractivity contribution in [2.45, 2.75) is 33.2 Å². The topological polar surface area (TPSA) is 35.1 Å². The Balaban J connectivity index is 2.02. The highest BCUT2D eigenvalue weighted by Crippen LogP contribution is 2.36. The lowest BCUT2D eigenvalue weighted by molar-refractivity contribution is -0.690. The molecule has 122 valence electrons. The number of aryl methyl sites for hydroxylation is 1. The van der Waals surface area contributed by atoms with E-state index in [-0.39, 0.29) is 0 Å². The fraction of sp³-hybridized carbons (Fsp3) is 0.400. The quantitative estimate of drug-likeness (QED) is 0.921. The van der Waals surface area contributed by atoms with Crippen LogP contribution >= 0.6 is 0 Å². The van der Waals surface area contributed by atoms with Gasteiger partial charge >= 0.3 is 0 Å². The zero-order valence-electron chi connectivity index (χ0n) is 14.3. The largest absolute Gasteiger partial charge is 0.490 e. The van der Waals surface area contributed by atoms with E-state index in [1.807, 2.05) is 13.8 Å². The van der Waals surface area contributed by atoms with Gasteiger partial charge in [-0.05, 0) is 38.5 Å². The van der Waals surface area contributed by atoms with Gasteiger partial charge in [0, 0.05) is 17.5 Å². The summed E-state index contributed by atoms with van der Waals surface area (Å²) >= 11 is 0. The van der Waals surface area contributed by atoms with Crippen molar-refractivity contribution >= 4 is 0 Å². The number of benzene rings is 2. The molecule has 0 spiro atoms. The molecule has 1 aliphatic rings. The van der Waals surface area contributed by atoms with Gasteiger partial charge in [0.1, 0.15) is 6.04 Å². The highest BCUT2D eigenvalue weighted by Gasteiger charge is 2.27. The van der Waals surface area contributed by atoms with Crippen LogP contribution in [0.1, 0.15) is 42.1 Å². The molecule has 0 radical (unpaired) electrons.